The van der Waals surface area contributed by atoms with Crippen LogP contribution in [0.4, 0.5) is 4.79 Å². The highest BCUT2D eigenvalue weighted by Crippen LogP contribution is 2.38. The Morgan fingerprint density at radius 3 is 1.85 bits per heavy atom. The van der Waals surface area contributed by atoms with Gasteiger partial charge in [0.2, 0.25) is 47.5 Å². The van der Waals surface area contributed by atoms with Gasteiger partial charge in [-0.05, 0) is 62.1 Å². The molecule has 80 heavy (non-hydrogen) atoms. The summed E-state index contributed by atoms with van der Waals surface area (Å²) in [5, 5.41) is 40.1. The topological polar surface area (TPSA) is 317 Å². The summed E-state index contributed by atoms with van der Waals surface area (Å²) in [4.78, 5) is 142. The van der Waals surface area contributed by atoms with Gasteiger partial charge in [-0.15, -0.1) is 0 Å². The number of rotatable bonds is 19. The van der Waals surface area contributed by atoms with E-state index in [2.05, 4.69) is 51.5 Å². The van der Waals surface area contributed by atoms with Crippen LogP contribution in [0.15, 0.2) is 72.8 Å². The maximum atomic E-state index is 15.2. The third-order valence-corrected chi connectivity index (χ3v) is 17.7. The van der Waals surface area contributed by atoms with E-state index in [9.17, 15) is 44.2 Å². The van der Waals surface area contributed by atoms with Gasteiger partial charge >= 0.3 is 12.1 Å². The van der Waals surface area contributed by atoms with Crippen molar-refractivity contribution in [3.05, 3.63) is 104 Å². The summed E-state index contributed by atoms with van der Waals surface area (Å²) in [5.41, 5.74) is 1.17. The first-order valence-corrected chi connectivity index (χ1v) is 31.5. The summed E-state index contributed by atoms with van der Waals surface area (Å²) in [6, 6.07) is 5.51. The lowest BCUT2D eigenvalue weighted by atomic mass is 9.90. The van der Waals surface area contributed by atoms with Gasteiger partial charge in [-0.1, -0.05) is 127 Å². The molecule has 2 saturated heterocycles. The molecule has 7 amide bonds. The number of cyclic esters (lactones) is 1. The minimum atomic E-state index is -1.86. The summed E-state index contributed by atoms with van der Waals surface area (Å²) < 4.78 is 11.5. The molecule has 2 aromatic carbocycles. The molecule has 2 saturated carbocycles. The summed E-state index contributed by atoms with van der Waals surface area (Å²) in [6.07, 6.45) is 1.21. The number of carbonyl (C=O) groups excluding carboxylic acids is 8. The zero-order chi connectivity index (χ0) is 58.7. The van der Waals surface area contributed by atoms with Crippen LogP contribution in [0.2, 0.25) is 25.7 Å². The smallest absolute Gasteiger partial charge is 0.407 e. The predicted octanol–water partition coefficient (Wildman–Crippen LogP) is 4.35. The zero-order valence-corrected chi connectivity index (χ0v) is 48.1. The number of alkyl carbamates (subject to hydrolysis) is 1. The van der Waals surface area contributed by atoms with Gasteiger partial charge in [0.15, 0.2) is 0 Å². The number of fused-ring (bicyclic) bond motifs is 1. The van der Waals surface area contributed by atoms with Crippen LogP contribution < -0.4 is 31.9 Å². The molecule has 6 rings (SSSR count). The number of nitrogens with zero attached hydrogens (tertiary/aromatic N) is 3. The predicted molar refractivity (Wildman–Crippen MR) is 296 cm³/mol. The first-order chi connectivity index (χ1) is 37.8. The van der Waals surface area contributed by atoms with Gasteiger partial charge in [-0.3, -0.25) is 49.0 Å². The number of benzene rings is 2. The normalized spacial score (nSPS) is 29.3. The number of hydrogen-bond acceptors (Lipinski definition) is 14. The Morgan fingerprint density at radius 1 is 0.787 bits per heavy atom. The van der Waals surface area contributed by atoms with E-state index in [1.54, 1.807) is 94.4 Å². The number of ether oxygens (including phenoxy) is 2. The Morgan fingerprint density at radius 2 is 1.32 bits per heavy atom. The van der Waals surface area contributed by atoms with Crippen molar-refractivity contribution < 1.29 is 57.7 Å². The van der Waals surface area contributed by atoms with Crippen molar-refractivity contribution >= 4 is 55.6 Å². The maximum Gasteiger partial charge on any atom is 0.407 e. The molecule has 2 aromatic rings. The van der Waals surface area contributed by atoms with Crippen LogP contribution in [0.5, 0.6) is 0 Å². The molecule has 0 aromatic heterocycles. The van der Waals surface area contributed by atoms with E-state index < -0.39 is 155 Å². The standard InChI is InChI=1S/C56H79N9O14Si/c1-10-18-35-25-44-55(72)79-34(6)48(62-50(67)41(27-39-29-43(39)65(76)77)58-56(73)78-23-24-80(7,8)9)53(70)61-46(32(4)36-19-14-12-15-20-36)51(68)57-40(26-38-28-42(38)64(74)75)49(66)60-47(33(5)37-21-16-13-17-22-37)52(69)59-45(31(3)11-2)54(71)63(44)30-35/h10,12-22,31-35,38-48H,11,23-30H2,1-9H3,(H,57,68)(H,58,73)(H,59,69)(H,60,66)(H,61,70)(H,62,67)/b18-10-/t31-,32+,33+,34-,35-,38+,39+,40-,41-,42+,43+,44-,45-,46-,47-,48-/m0/s1. The van der Waals surface area contributed by atoms with E-state index in [4.69, 9.17) is 9.47 Å². The maximum absolute atomic E-state index is 15.2. The molecule has 6 N–H and O–H groups in total. The molecule has 24 heteroatoms. The minimum absolute atomic E-state index is 0.0237. The Hall–Kier alpha value is -7.24. The zero-order valence-electron chi connectivity index (χ0n) is 47.1. The van der Waals surface area contributed by atoms with Crippen LogP contribution >= 0.6 is 0 Å². The fraction of sp³-hybridized carbons (Fsp3) is 0.607. The molecule has 0 radical (unpaired) electrons. The van der Waals surface area contributed by atoms with Crippen LogP contribution in [0.3, 0.4) is 0 Å². The van der Waals surface area contributed by atoms with Crippen molar-refractivity contribution in [1.29, 1.82) is 0 Å². The lowest BCUT2D eigenvalue weighted by Crippen LogP contribution is -2.62. The van der Waals surface area contributed by atoms with E-state index in [1.807, 2.05) is 13.0 Å². The summed E-state index contributed by atoms with van der Waals surface area (Å²) in [7, 11) is -1.69. The summed E-state index contributed by atoms with van der Waals surface area (Å²) in [5.74, 6) is -10.1. The van der Waals surface area contributed by atoms with Crippen LogP contribution in [0, 0.1) is 43.9 Å². The number of amides is 7. The van der Waals surface area contributed by atoms with Crippen molar-refractivity contribution in [2.24, 2.45) is 23.7 Å². The number of allylic oxidation sites excluding steroid dienone is 1. The minimum Gasteiger partial charge on any atom is -0.458 e. The van der Waals surface area contributed by atoms with E-state index in [-0.39, 0.29) is 51.2 Å². The molecule has 16 atom stereocenters. The SMILES string of the molecule is C/C=C\[C@H]1C[C@H]2C(=O)O[C@@H](C)[C@H](NC(=O)[C@H](C[C@@H]3C[C@H]3[N+](=O)[O-])NC(=O)OCC[Si](C)(C)C)C(=O)N[C@@H]([C@H](C)c3ccccc3)C(=O)N[C@@H](C[C@@H]3C[C@H]3[N+](=O)[O-])C(=O)N[C@@H]([C@H](C)c3ccccc3)C(=O)N[C@@H]([C@@H](C)CC)C(=O)N2C1. The van der Waals surface area contributed by atoms with E-state index in [0.717, 1.165) is 0 Å². The van der Waals surface area contributed by atoms with Crippen molar-refractivity contribution in [2.75, 3.05) is 13.2 Å². The van der Waals surface area contributed by atoms with E-state index in [0.29, 0.717) is 23.6 Å². The molecule has 4 aliphatic rings. The fourth-order valence-corrected chi connectivity index (χ4v) is 11.2. The quantitative estimate of drug-likeness (QED) is 0.0375. The lowest BCUT2D eigenvalue weighted by Gasteiger charge is -2.34. The number of nitrogens with one attached hydrogen (secondary N) is 6. The highest BCUT2D eigenvalue weighted by atomic mass is 28.3. The monoisotopic (exact) mass is 1130 g/mol. The average molecular weight is 1130 g/mol. The third-order valence-electron chi connectivity index (χ3n) is 16.0. The van der Waals surface area contributed by atoms with Crippen LogP contribution in [0.25, 0.3) is 0 Å². The van der Waals surface area contributed by atoms with Crippen molar-refractivity contribution in [3.8, 4) is 0 Å². The van der Waals surface area contributed by atoms with Crippen LogP contribution in [-0.4, -0.2) is 144 Å². The molecule has 2 aliphatic heterocycles. The van der Waals surface area contributed by atoms with Gasteiger partial charge in [0.05, 0.1) is 6.61 Å². The second kappa shape index (κ2) is 27.3. The lowest BCUT2D eigenvalue weighted by molar-refractivity contribution is -0.498. The largest absolute Gasteiger partial charge is 0.458 e. The van der Waals surface area contributed by atoms with Crippen molar-refractivity contribution in [2.45, 2.75) is 178 Å². The van der Waals surface area contributed by atoms with E-state index >= 15 is 14.4 Å². The second-order valence-electron chi connectivity index (χ2n) is 23.3. The van der Waals surface area contributed by atoms with Crippen molar-refractivity contribution in [1.82, 2.24) is 36.8 Å². The highest BCUT2D eigenvalue weighted by molar-refractivity contribution is 6.76. The molecule has 0 bridgehead atoms. The van der Waals surface area contributed by atoms with Crippen molar-refractivity contribution in [3.63, 3.8) is 0 Å². The Bertz CT molecular complexity index is 2620. The second-order valence-corrected chi connectivity index (χ2v) is 28.9. The molecular weight excluding hydrogens is 1050 g/mol. The van der Waals surface area contributed by atoms with Gasteiger partial charge in [-0.25, -0.2) is 9.59 Å². The molecule has 436 valence electrons. The number of hydrogen-bond donors (Lipinski definition) is 6. The van der Waals surface area contributed by atoms with Gasteiger partial charge in [0, 0.05) is 61.0 Å². The first kappa shape index (κ1) is 62.0. The molecule has 4 fully saturated rings. The van der Waals surface area contributed by atoms with Crippen LogP contribution in [0.1, 0.15) is 103 Å². The third kappa shape index (κ3) is 16.4. The highest BCUT2D eigenvalue weighted by Gasteiger charge is 2.52. The van der Waals surface area contributed by atoms with Crippen LogP contribution in [-0.2, 0) is 43.0 Å². The Kier molecular flexibility index (Phi) is 21.1. The number of nitro groups is 2. The summed E-state index contributed by atoms with van der Waals surface area (Å²) in [6.45, 7) is 16.3. The fourth-order valence-electron chi connectivity index (χ4n) is 10.5. The average Bonchev–Trinajstić information content (AvgIpc) is 4.34. The Balaban J connectivity index is 1.46. The summed E-state index contributed by atoms with van der Waals surface area (Å²) >= 11 is 0. The van der Waals surface area contributed by atoms with Gasteiger partial charge in [0.25, 0.3) is 0 Å². The molecule has 0 unspecified atom stereocenters. The van der Waals surface area contributed by atoms with E-state index in [1.165, 1.54) is 11.8 Å². The molecule has 2 aliphatic carbocycles. The van der Waals surface area contributed by atoms with Gasteiger partial charge < -0.3 is 46.3 Å². The Labute approximate surface area is 467 Å². The molecule has 0 spiro atoms. The first-order valence-electron chi connectivity index (χ1n) is 27.8. The molecule has 23 nitrogen and oxygen atoms in total. The number of esters is 1. The van der Waals surface area contributed by atoms with Gasteiger partial charge in [-0.2, -0.15) is 0 Å². The van der Waals surface area contributed by atoms with Gasteiger partial charge in [0.1, 0.15) is 48.4 Å². The number of carbonyl (C=O) groups is 8. The molecule has 2 heterocycles. The molecular formula is C56H79N9O14Si.